The summed E-state index contributed by atoms with van der Waals surface area (Å²) in [6.45, 7) is 3.89. The van der Waals surface area contributed by atoms with Crippen molar-refractivity contribution in [1.82, 2.24) is 0 Å². The van der Waals surface area contributed by atoms with E-state index in [1.807, 2.05) is 0 Å². The van der Waals surface area contributed by atoms with Gasteiger partial charge in [0, 0.05) is 23.7 Å². The van der Waals surface area contributed by atoms with Gasteiger partial charge in [-0.25, -0.2) is 0 Å². The smallest absolute Gasteiger partial charge is 0.0468 e. The van der Waals surface area contributed by atoms with Crippen molar-refractivity contribution < 1.29 is 4.74 Å². The number of aryl methyl sites for hydroxylation is 1. The van der Waals surface area contributed by atoms with E-state index in [1.165, 1.54) is 11.1 Å². The maximum absolute atomic E-state index is 6.28. The van der Waals surface area contributed by atoms with Gasteiger partial charge in [0.25, 0.3) is 0 Å². The molecular formula is C14H20BrNO. The molecule has 1 heterocycles. The Morgan fingerprint density at radius 1 is 1.41 bits per heavy atom. The van der Waals surface area contributed by atoms with Crippen LogP contribution in [-0.2, 0) is 4.74 Å². The molecule has 1 fully saturated rings. The molecule has 1 atom stereocenters. The molecule has 0 radical (unpaired) electrons. The molecule has 0 amide bonds. The zero-order chi connectivity index (χ0) is 12.3. The maximum atomic E-state index is 6.28. The van der Waals surface area contributed by atoms with Crippen LogP contribution in [-0.4, -0.2) is 13.2 Å². The van der Waals surface area contributed by atoms with Crippen molar-refractivity contribution in [3.63, 3.8) is 0 Å². The van der Waals surface area contributed by atoms with Gasteiger partial charge in [0.15, 0.2) is 0 Å². The summed E-state index contributed by atoms with van der Waals surface area (Å²) >= 11 is 3.56. The van der Waals surface area contributed by atoms with Crippen LogP contribution in [0.1, 0.15) is 36.4 Å². The lowest BCUT2D eigenvalue weighted by Gasteiger charge is -2.25. The fourth-order valence-electron chi connectivity index (χ4n) is 2.32. The first kappa shape index (κ1) is 13.1. The Morgan fingerprint density at radius 3 is 2.76 bits per heavy atom. The fourth-order valence-corrected chi connectivity index (χ4v) is 2.71. The highest BCUT2D eigenvalue weighted by Crippen LogP contribution is 2.28. The van der Waals surface area contributed by atoms with Crippen molar-refractivity contribution in [2.45, 2.75) is 32.2 Å². The summed E-state index contributed by atoms with van der Waals surface area (Å²) in [4.78, 5) is 0. The van der Waals surface area contributed by atoms with E-state index in [-0.39, 0.29) is 6.04 Å². The molecule has 1 aliphatic rings. The predicted octanol–water partition coefficient (Wildman–Crippen LogP) is 3.57. The molecular weight excluding hydrogens is 278 g/mol. The molecule has 3 heteroatoms. The van der Waals surface area contributed by atoms with E-state index in [0.29, 0.717) is 0 Å². The Hall–Kier alpha value is -0.380. The minimum Gasteiger partial charge on any atom is -0.381 e. The quantitative estimate of drug-likeness (QED) is 0.926. The number of halogens is 1. The van der Waals surface area contributed by atoms with Crippen LogP contribution in [0.25, 0.3) is 0 Å². The van der Waals surface area contributed by atoms with Crippen LogP contribution in [0, 0.1) is 12.8 Å². The number of rotatable bonds is 3. The molecule has 2 rings (SSSR count). The van der Waals surface area contributed by atoms with Crippen molar-refractivity contribution in [3.8, 4) is 0 Å². The van der Waals surface area contributed by atoms with Crippen LogP contribution in [0.15, 0.2) is 22.7 Å². The minimum atomic E-state index is 0.148. The third-order valence-corrected chi connectivity index (χ3v) is 4.41. The predicted molar refractivity (Wildman–Crippen MR) is 74.0 cm³/mol. The van der Waals surface area contributed by atoms with E-state index in [1.54, 1.807) is 0 Å². The number of nitrogens with two attached hydrogens (primary N) is 1. The van der Waals surface area contributed by atoms with Crippen LogP contribution in [0.3, 0.4) is 0 Å². The first-order valence-corrected chi connectivity index (χ1v) is 7.05. The summed E-state index contributed by atoms with van der Waals surface area (Å²) in [5, 5.41) is 0. The normalized spacial score (nSPS) is 19.2. The second kappa shape index (κ2) is 5.98. The molecule has 1 aliphatic heterocycles. The SMILES string of the molecule is Cc1ccc(C(N)CC2CCOCC2)cc1Br. The third-order valence-electron chi connectivity index (χ3n) is 3.55. The Morgan fingerprint density at radius 2 is 2.12 bits per heavy atom. The summed E-state index contributed by atoms with van der Waals surface area (Å²) in [6, 6.07) is 6.57. The van der Waals surface area contributed by atoms with E-state index >= 15 is 0 Å². The minimum absolute atomic E-state index is 0.148. The molecule has 94 valence electrons. The van der Waals surface area contributed by atoms with Gasteiger partial charge in [-0.05, 0) is 49.3 Å². The van der Waals surface area contributed by atoms with Crippen LogP contribution in [0.2, 0.25) is 0 Å². The number of ether oxygens (including phenoxy) is 1. The largest absolute Gasteiger partial charge is 0.381 e. The second-order valence-corrected chi connectivity index (χ2v) is 5.76. The molecule has 1 aromatic rings. The van der Waals surface area contributed by atoms with Crippen LogP contribution in [0.4, 0.5) is 0 Å². The second-order valence-electron chi connectivity index (χ2n) is 4.91. The third kappa shape index (κ3) is 3.54. The molecule has 0 aromatic heterocycles. The summed E-state index contributed by atoms with van der Waals surface area (Å²) < 4.78 is 6.52. The summed E-state index contributed by atoms with van der Waals surface area (Å²) in [5.41, 5.74) is 8.77. The van der Waals surface area contributed by atoms with E-state index in [4.69, 9.17) is 10.5 Å². The van der Waals surface area contributed by atoms with E-state index in [0.717, 1.165) is 42.9 Å². The van der Waals surface area contributed by atoms with Crippen molar-refractivity contribution in [1.29, 1.82) is 0 Å². The van der Waals surface area contributed by atoms with Crippen molar-refractivity contribution in [2.75, 3.05) is 13.2 Å². The highest BCUT2D eigenvalue weighted by atomic mass is 79.9. The van der Waals surface area contributed by atoms with E-state index in [9.17, 15) is 0 Å². The summed E-state index contributed by atoms with van der Waals surface area (Å²) in [5.74, 6) is 0.721. The maximum Gasteiger partial charge on any atom is 0.0468 e. The van der Waals surface area contributed by atoms with Gasteiger partial charge in [0.05, 0.1) is 0 Å². The highest BCUT2D eigenvalue weighted by molar-refractivity contribution is 9.10. The highest BCUT2D eigenvalue weighted by Gasteiger charge is 2.18. The molecule has 0 bridgehead atoms. The average Bonchev–Trinajstić information content (AvgIpc) is 2.34. The fraction of sp³-hybridized carbons (Fsp3) is 0.571. The number of benzene rings is 1. The number of hydrogen-bond donors (Lipinski definition) is 1. The van der Waals surface area contributed by atoms with E-state index < -0.39 is 0 Å². The Labute approximate surface area is 112 Å². The molecule has 0 aliphatic carbocycles. The van der Waals surface area contributed by atoms with Gasteiger partial charge in [0.1, 0.15) is 0 Å². The topological polar surface area (TPSA) is 35.2 Å². The van der Waals surface area contributed by atoms with Gasteiger partial charge in [-0.1, -0.05) is 28.1 Å². The average molecular weight is 298 g/mol. The number of hydrogen-bond acceptors (Lipinski definition) is 2. The first-order valence-electron chi connectivity index (χ1n) is 6.26. The monoisotopic (exact) mass is 297 g/mol. The van der Waals surface area contributed by atoms with Crippen molar-refractivity contribution >= 4 is 15.9 Å². The van der Waals surface area contributed by atoms with Gasteiger partial charge in [-0.15, -0.1) is 0 Å². The Kier molecular flexibility index (Phi) is 4.60. The van der Waals surface area contributed by atoms with Gasteiger partial charge < -0.3 is 10.5 Å². The van der Waals surface area contributed by atoms with Crippen molar-refractivity contribution in [2.24, 2.45) is 11.7 Å². The van der Waals surface area contributed by atoms with E-state index in [2.05, 4.69) is 41.1 Å². The molecule has 0 spiro atoms. The van der Waals surface area contributed by atoms with Gasteiger partial charge in [0.2, 0.25) is 0 Å². The zero-order valence-corrected chi connectivity index (χ0v) is 11.9. The Bertz CT molecular complexity index is 374. The van der Waals surface area contributed by atoms with Gasteiger partial charge >= 0.3 is 0 Å². The summed E-state index contributed by atoms with van der Waals surface area (Å²) in [7, 11) is 0. The first-order chi connectivity index (χ1) is 8.16. The lowest BCUT2D eigenvalue weighted by atomic mass is 9.90. The molecule has 1 aromatic carbocycles. The molecule has 1 unspecified atom stereocenters. The molecule has 1 saturated heterocycles. The van der Waals surface area contributed by atoms with Crippen molar-refractivity contribution in [3.05, 3.63) is 33.8 Å². The lowest BCUT2D eigenvalue weighted by Crippen LogP contribution is -2.21. The van der Waals surface area contributed by atoms with Crippen LogP contribution < -0.4 is 5.73 Å². The van der Waals surface area contributed by atoms with Crippen LogP contribution >= 0.6 is 15.9 Å². The molecule has 2 N–H and O–H groups in total. The Balaban J connectivity index is 1.98. The molecule has 0 saturated carbocycles. The standard InChI is InChI=1S/C14H20BrNO/c1-10-2-3-12(9-13(10)15)14(16)8-11-4-6-17-7-5-11/h2-3,9,11,14H,4-8,16H2,1H3. The molecule has 17 heavy (non-hydrogen) atoms. The lowest BCUT2D eigenvalue weighted by molar-refractivity contribution is 0.0618. The van der Waals surface area contributed by atoms with Gasteiger partial charge in [-0.3, -0.25) is 0 Å². The summed E-state index contributed by atoms with van der Waals surface area (Å²) in [6.07, 6.45) is 3.38. The molecule has 2 nitrogen and oxygen atoms in total. The van der Waals surface area contributed by atoms with Gasteiger partial charge in [-0.2, -0.15) is 0 Å². The van der Waals surface area contributed by atoms with Crippen LogP contribution in [0.5, 0.6) is 0 Å². The zero-order valence-electron chi connectivity index (χ0n) is 10.3.